The average Bonchev–Trinajstić information content (AvgIpc) is 2.38. The van der Waals surface area contributed by atoms with Gasteiger partial charge in [-0.05, 0) is 43.0 Å². The van der Waals surface area contributed by atoms with Gasteiger partial charge in [0.1, 0.15) is 5.75 Å². The summed E-state index contributed by atoms with van der Waals surface area (Å²) in [4.78, 5) is 0. The number of nitrogens with one attached hydrogen (secondary N) is 1. The molecule has 1 N–H and O–H groups in total. The van der Waals surface area contributed by atoms with E-state index < -0.39 is 0 Å². The summed E-state index contributed by atoms with van der Waals surface area (Å²) in [5, 5.41) is 4.27. The van der Waals surface area contributed by atoms with Gasteiger partial charge in [0.15, 0.2) is 0 Å². The number of hydrogen-bond donors (Lipinski definition) is 1. The molecule has 0 spiro atoms. The van der Waals surface area contributed by atoms with Crippen LogP contribution in [0.25, 0.3) is 0 Å². The van der Waals surface area contributed by atoms with Crippen LogP contribution in [0.1, 0.15) is 49.7 Å². The van der Waals surface area contributed by atoms with Crippen LogP contribution in [0.3, 0.4) is 0 Å². The molecule has 1 saturated heterocycles. The topological polar surface area (TPSA) is 21.3 Å². The quantitative estimate of drug-likeness (QED) is 0.896. The molecule has 0 amide bonds. The van der Waals surface area contributed by atoms with E-state index in [1.807, 2.05) is 6.07 Å². The highest BCUT2D eigenvalue weighted by molar-refractivity contribution is 6.30. The van der Waals surface area contributed by atoms with Crippen molar-refractivity contribution in [2.75, 3.05) is 20.2 Å². The Balaban J connectivity index is 2.43. The Morgan fingerprint density at radius 2 is 2.17 bits per heavy atom. The van der Waals surface area contributed by atoms with Gasteiger partial charge in [0, 0.05) is 23.0 Å². The lowest BCUT2D eigenvalue weighted by Crippen LogP contribution is -2.28. The minimum atomic E-state index is 0.425. The second-order valence-corrected chi connectivity index (χ2v) is 5.75. The molecule has 2 nitrogen and oxygen atoms in total. The third-order valence-electron chi connectivity index (χ3n) is 3.67. The lowest BCUT2D eigenvalue weighted by Gasteiger charge is -2.26. The van der Waals surface area contributed by atoms with Crippen molar-refractivity contribution >= 4 is 11.6 Å². The zero-order valence-electron chi connectivity index (χ0n) is 11.4. The molecule has 0 aliphatic carbocycles. The van der Waals surface area contributed by atoms with Gasteiger partial charge in [-0.25, -0.2) is 0 Å². The fraction of sp³-hybridized carbons (Fsp3) is 0.600. The fourth-order valence-electron chi connectivity index (χ4n) is 2.72. The lowest BCUT2D eigenvalue weighted by atomic mass is 9.88. The van der Waals surface area contributed by atoms with E-state index in [2.05, 4.69) is 25.2 Å². The number of hydrogen-bond acceptors (Lipinski definition) is 2. The van der Waals surface area contributed by atoms with Crippen LogP contribution < -0.4 is 10.1 Å². The molecule has 0 bridgehead atoms. The van der Waals surface area contributed by atoms with E-state index in [1.54, 1.807) is 7.11 Å². The average molecular weight is 268 g/mol. The van der Waals surface area contributed by atoms with Crippen molar-refractivity contribution in [3.8, 4) is 5.75 Å². The molecule has 1 heterocycles. The largest absolute Gasteiger partial charge is 0.496 e. The molecular weight excluding hydrogens is 246 g/mol. The zero-order valence-corrected chi connectivity index (χ0v) is 12.2. The molecule has 100 valence electrons. The van der Waals surface area contributed by atoms with Crippen LogP contribution in [0.5, 0.6) is 5.75 Å². The summed E-state index contributed by atoms with van der Waals surface area (Å²) < 4.78 is 5.66. The molecule has 2 rings (SSSR count). The Morgan fingerprint density at radius 1 is 1.39 bits per heavy atom. The molecule has 3 heteroatoms. The van der Waals surface area contributed by atoms with E-state index >= 15 is 0 Å². The number of methoxy groups -OCH3 is 1. The van der Waals surface area contributed by atoms with Crippen LogP contribution >= 0.6 is 11.6 Å². The van der Waals surface area contributed by atoms with Crippen molar-refractivity contribution in [1.82, 2.24) is 5.32 Å². The smallest absolute Gasteiger partial charge is 0.125 e. The van der Waals surface area contributed by atoms with Crippen molar-refractivity contribution < 1.29 is 4.74 Å². The Hall–Kier alpha value is -0.730. The van der Waals surface area contributed by atoms with Gasteiger partial charge < -0.3 is 10.1 Å². The van der Waals surface area contributed by atoms with Crippen LogP contribution in [0, 0.1) is 0 Å². The van der Waals surface area contributed by atoms with Crippen molar-refractivity contribution in [2.24, 2.45) is 0 Å². The molecule has 1 fully saturated rings. The van der Waals surface area contributed by atoms with Crippen molar-refractivity contribution in [1.29, 1.82) is 0 Å². The molecule has 0 aromatic heterocycles. The monoisotopic (exact) mass is 267 g/mol. The third-order valence-corrected chi connectivity index (χ3v) is 3.89. The van der Waals surface area contributed by atoms with E-state index in [0.717, 1.165) is 23.9 Å². The minimum Gasteiger partial charge on any atom is -0.496 e. The highest BCUT2D eigenvalue weighted by Crippen LogP contribution is 2.39. The van der Waals surface area contributed by atoms with Gasteiger partial charge >= 0.3 is 0 Å². The first kappa shape index (κ1) is 13.7. The summed E-state index contributed by atoms with van der Waals surface area (Å²) in [6.45, 7) is 6.50. The van der Waals surface area contributed by atoms with Crippen LogP contribution in [-0.2, 0) is 0 Å². The minimum absolute atomic E-state index is 0.425. The number of rotatable bonds is 3. The zero-order chi connectivity index (χ0) is 13.1. The summed E-state index contributed by atoms with van der Waals surface area (Å²) in [6, 6.07) is 4.11. The van der Waals surface area contributed by atoms with Crippen LogP contribution in [0.4, 0.5) is 0 Å². The number of benzene rings is 1. The van der Waals surface area contributed by atoms with Crippen LogP contribution in [0.2, 0.25) is 5.02 Å². The van der Waals surface area contributed by atoms with Crippen LogP contribution in [-0.4, -0.2) is 20.2 Å². The van der Waals surface area contributed by atoms with Gasteiger partial charge in [-0.3, -0.25) is 0 Å². The maximum atomic E-state index is 6.27. The summed E-state index contributed by atoms with van der Waals surface area (Å²) in [6.07, 6.45) is 2.43. The predicted octanol–water partition coefficient (Wildman–Crippen LogP) is 3.94. The van der Waals surface area contributed by atoms with Gasteiger partial charge in [-0.2, -0.15) is 0 Å². The van der Waals surface area contributed by atoms with E-state index in [4.69, 9.17) is 16.3 Å². The second-order valence-electron chi connectivity index (χ2n) is 5.32. The third kappa shape index (κ3) is 2.81. The van der Waals surface area contributed by atoms with Crippen molar-refractivity contribution in [3.05, 3.63) is 28.3 Å². The van der Waals surface area contributed by atoms with Gasteiger partial charge in [0.05, 0.1) is 7.11 Å². The first-order chi connectivity index (χ1) is 8.63. The highest BCUT2D eigenvalue weighted by atomic mass is 35.5. The molecular formula is C15H22ClNO. The summed E-state index contributed by atoms with van der Waals surface area (Å²) in [7, 11) is 1.76. The first-order valence-corrected chi connectivity index (χ1v) is 7.09. The van der Waals surface area contributed by atoms with Gasteiger partial charge in [-0.1, -0.05) is 25.4 Å². The number of ether oxygens (including phenoxy) is 1. The van der Waals surface area contributed by atoms with Gasteiger partial charge in [0.2, 0.25) is 0 Å². The molecule has 1 aromatic rings. The molecule has 1 aromatic carbocycles. The van der Waals surface area contributed by atoms with E-state index in [-0.39, 0.29) is 0 Å². The fourth-order valence-corrected chi connectivity index (χ4v) is 2.96. The molecule has 0 radical (unpaired) electrons. The Morgan fingerprint density at radius 3 is 2.72 bits per heavy atom. The van der Waals surface area contributed by atoms with E-state index in [9.17, 15) is 0 Å². The molecule has 1 aliphatic rings. The maximum absolute atomic E-state index is 6.27. The van der Waals surface area contributed by atoms with Crippen molar-refractivity contribution in [3.63, 3.8) is 0 Å². The SMILES string of the molecule is COc1c(C(C)C)cc(Cl)cc1C1CCCNC1. The van der Waals surface area contributed by atoms with Crippen LogP contribution in [0.15, 0.2) is 12.1 Å². The van der Waals surface area contributed by atoms with Gasteiger partial charge in [0.25, 0.3) is 0 Å². The molecule has 0 saturated carbocycles. The standard InChI is InChI=1S/C15H22ClNO/c1-10(2)13-7-12(16)8-14(15(13)18-3)11-5-4-6-17-9-11/h7-8,10-11,17H,4-6,9H2,1-3H3. The van der Waals surface area contributed by atoms with Crippen molar-refractivity contribution in [2.45, 2.75) is 38.5 Å². The number of piperidine rings is 1. The predicted molar refractivity (Wildman–Crippen MR) is 76.9 cm³/mol. The molecule has 1 atom stereocenters. The first-order valence-electron chi connectivity index (χ1n) is 6.71. The molecule has 1 aliphatic heterocycles. The second kappa shape index (κ2) is 5.94. The number of halogens is 1. The normalized spacial score (nSPS) is 20.2. The summed E-state index contributed by atoms with van der Waals surface area (Å²) >= 11 is 6.27. The molecule has 18 heavy (non-hydrogen) atoms. The maximum Gasteiger partial charge on any atom is 0.125 e. The summed E-state index contributed by atoms with van der Waals surface area (Å²) in [5.74, 6) is 1.97. The Bertz CT molecular complexity index is 411. The Kier molecular flexibility index (Phi) is 4.52. The van der Waals surface area contributed by atoms with E-state index in [1.165, 1.54) is 24.0 Å². The summed E-state index contributed by atoms with van der Waals surface area (Å²) in [5.41, 5.74) is 2.48. The lowest BCUT2D eigenvalue weighted by molar-refractivity contribution is 0.386. The van der Waals surface area contributed by atoms with E-state index in [0.29, 0.717) is 11.8 Å². The van der Waals surface area contributed by atoms with Gasteiger partial charge in [-0.15, -0.1) is 0 Å². The Labute approximate surface area is 115 Å². The molecule has 1 unspecified atom stereocenters. The highest BCUT2D eigenvalue weighted by Gasteiger charge is 2.22.